The van der Waals surface area contributed by atoms with Crippen LogP contribution < -0.4 is 9.47 Å². The van der Waals surface area contributed by atoms with E-state index in [2.05, 4.69) is 4.98 Å². The van der Waals surface area contributed by atoms with Gasteiger partial charge in [-0.25, -0.2) is 0 Å². The van der Waals surface area contributed by atoms with Gasteiger partial charge in [-0.05, 0) is 47.5 Å². The highest BCUT2D eigenvalue weighted by molar-refractivity contribution is 5.69. The first kappa shape index (κ1) is 22.0. The van der Waals surface area contributed by atoms with E-state index in [0.29, 0.717) is 22.6 Å². The van der Waals surface area contributed by atoms with Crippen LogP contribution in [0.2, 0.25) is 0 Å². The van der Waals surface area contributed by atoms with E-state index in [-0.39, 0.29) is 5.69 Å². The number of carbonyl (C=O) groups excluding carboxylic acids is 2. The lowest BCUT2D eigenvalue weighted by atomic mass is 9.87. The van der Waals surface area contributed by atoms with Crippen molar-refractivity contribution >= 4 is 11.9 Å². The minimum Gasteiger partial charge on any atom is -0.427 e. The number of ether oxygens (including phenoxy) is 2. The molecule has 31 heavy (non-hydrogen) atoms. The molecule has 0 aliphatic carbocycles. The van der Waals surface area contributed by atoms with Crippen LogP contribution in [0, 0.1) is 0 Å². The number of esters is 2. The van der Waals surface area contributed by atoms with Gasteiger partial charge in [-0.1, -0.05) is 24.3 Å². The lowest BCUT2D eigenvalue weighted by Crippen LogP contribution is -2.10. The van der Waals surface area contributed by atoms with Crippen molar-refractivity contribution in [3.8, 4) is 11.5 Å². The molecule has 8 heteroatoms. The van der Waals surface area contributed by atoms with Crippen LogP contribution in [0.3, 0.4) is 0 Å². The van der Waals surface area contributed by atoms with Crippen LogP contribution in [0.4, 0.5) is 13.2 Å². The number of carbonyl (C=O) groups is 2. The summed E-state index contributed by atoms with van der Waals surface area (Å²) in [5.74, 6) is -0.968. The molecule has 0 fully saturated rings. The van der Waals surface area contributed by atoms with E-state index < -0.39 is 29.6 Å². The number of halogens is 3. The summed E-state index contributed by atoms with van der Waals surface area (Å²) in [6, 6.07) is 14.8. The molecule has 2 aromatic carbocycles. The minimum absolute atomic E-state index is 0.190. The van der Waals surface area contributed by atoms with E-state index in [1.165, 1.54) is 13.8 Å². The summed E-state index contributed by atoms with van der Waals surface area (Å²) in [6.45, 7) is 2.54. The van der Waals surface area contributed by atoms with Crippen molar-refractivity contribution in [1.82, 2.24) is 4.98 Å². The summed E-state index contributed by atoms with van der Waals surface area (Å²) in [5, 5.41) is 0. The topological polar surface area (TPSA) is 65.5 Å². The summed E-state index contributed by atoms with van der Waals surface area (Å²) >= 11 is 0. The lowest BCUT2D eigenvalue weighted by Gasteiger charge is -2.19. The molecular weight excluding hydrogens is 411 g/mol. The van der Waals surface area contributed by atoms with Gasteiger partial charge in [0.25, 0.3) is 0 Å². The standard InChI is InChI=1S/C23H18F3NO4/c1-14(28)30-19-7-3-16(4-8-19)22(17-5-9-20(10-6-17)31-15(2)29)21-13-18(11-12-27-21)23(24,25)26/h3-13,22H,1-2H3. The summed E-state index contributed by atoms with van der Waals surface area (Å²) in [4.78, 5) is 26.5. The first-order valence-electron chi connectivity index (χ1n) is 9.23. The van der Waals surface area contributed by atoms with Gasteiger partial charge in [0.2, 0.25) is 0 Å². The Morgan fingerprint density at radius 2 is 1.26 bits per heavy atom. The van der Waals surface area contributed by atoms with Crippen LogP contribution in [0.1, 0.15) is 42.1 Å². The second-order valence-corrected chi connectivity index (χ2v) is 6.73. The van der Waals surface area contributed by atoms with E-state index in [1.807, 2.05) is 0 Å². The second kappa shape index (κ2) is 8.99. The van der Waals surface area contributed by atoms with Gasteiger partial charge in [0, 0.05) is 20.0 Å². The van der Waals surface area contributed by atoms with Crippen LogP contribution in [0.5, 0.6) is 11.5 Å². The molecule has 0 atom stereocenters. The molecule has 1 aromatic heterocycles. The quantitative estimate of drug-likeness (QED) is 0.416. The summed E-state index contributed by atoms with van der Waals surface area (Å²) in [7, 11) is 0. The first-order chi connectivity index (χ1) is 14.6. The molecule has 3 rings (SSSR count). The number of nitrogens with zero attached hydrogens (tertiary/aromatic N) is 1. The largest absolute Gasteiger partial charge is 0.427 e. The second-order valence-electron chi connectivity index (χ2n) is 6.73. The molecule has 0 radical (unpaired) electrons. The van der Waals surface area contributed by atoms with Crippen LogP contribution in [-0.4, -0.2) is 16.9 Å². The van der Waals surface area contributed by atoms with Crippen molar-refractivity contribution in [1.29, 1.82) is 0 Å². The summed E-state index contributed by atoms with van der Waals surface area (Å²) in [5.41, 5.74) is 0.664. The molecule has 0 aliphatic rings. The smallest absolute Gasteiger partial charge is 0.416 e. The molecule has 3 aromatic rings. The molecule has 1 heterocycles. The predicted molar refractivity (Wildman–Crippen MR) is 106 cm³/mol. The van der Waals surface area contributed by atoms with E-state index in [1.54, 1.807) is 48.5 Å². The molecule has 0 N–H and O–H groups in total. The van der Waals surface area contributed by atoms with Gasteiger partial charge in [-0.15, -0.1) is 0 Å². The Hall–Kier alpha value is -3.68. The molecule has 0 bridgehead atoms. The highest BCUT2D eigenvalue weighted by Gasteiger charge is 2.32. The predicted octanol–water partition coefficient (Wildman–Crippen LogP) is 5.13. The minimum atomic E-state index is -4.51. The molecular formula is C23H18F3NO4. The lowest BCUT2D eigenvalue weighted by molar-refractivity contribution is -0.137. The maximum absolute atomic E-state index is 13.3. The number of hydrogen-bond acceptors (Lipinski definition) is 5. The number of alkyl halides is 3. The fourth-order valence-electron chi connectivity index (χ4n) is 3.11. The molecule has 0 saturated carbocycles. The van der Waals surface area contributed by atoms with E-state index in [4.69, 9.17) is 9.47 Å². The Bertz CT molecular complexity index is 1020. The van der Waals surface area contributed by atoms with Crippen molar-refractivity contribution in [3.63, 3.8) is 0 Å². The van der Waals surface area contributed by atoms with Gasteiger partial charge in [-0.2, -0.15) is 13.2 Å². The monoisotopic (exact) mass is 429 g/mol. The molecule has 0 saturated heterocycles. The molecule has 5 nitrogen and oxygen atoms in total. The Labute approximate surface area is 176 Å². The summed E-state index contributed by atoms with van der Waals surface area (Å²) < 4.78 is 49.8. The Balaban J connectivity index is 2.06. The zero-order valence-corrected chi connectivity index (χ0v) is 16.6. The first-order valence-corrected chi connectivity index (χ1v) is 9.23. The molecule has 0 amide bonds. The van der Waals surface area contributed by atoms with Gasteiger partial charge in [0.1, 0.15) is 11.5 Å². The fraction of sp³-hybridized carbons (Fsp3) is 0.174. The maximum atomic E-state index is 13.3. The number of aromatic nitrogens is 1. The number of pyridine rings is 1. The molecule has 0 aliphatic heterocycles. The number of hydrogen-bond donors (Lipinski definition) is 0. The van der Waals surface area contributed by atoms with Crippen molar-refractivity contribution in [2.75, 3.05) is 0 Å². The average molecular weight is 429 g/mol. The van der Waals surface area contributed by atoms with Crippen LogP contribution >= 0.6 is 0 Å². The molecule has 160 valence electrons. The SMILES string of the molecule is CC(=O)Oc1ccc(C(c2ccc(OC(C)=O)cc2)c2cc(C(F)(F)F)ccn2)cc1. The van der Waals surface area contributed by atoms with Crippen molar-refractivity contribution in [3.05, 3.63) is 89.2 Å². The van der Waals surface area contributed by atoms with E-state index >= 15 is 0 Å². The van der Waals surface area contributed by atoms with Gasteiger partial charge in [0.05, 0.1) is 17.2 Å². The zero-order chi connectivity index (χ0) is 22.6. The fourth-order valence-corrected chi connectivity index (χ4v) is 3.11. The van der Waals surface area contributed by atoms with Gasteiger partial charge < -0.3 is 9.47 Å². The average Bonchev–Trinajstić information content (AvgIpc) is 2.70. The normalized spacial score (nSPS) is 11.3. The number of benzene rings is 2. The molecule has 0 unspecified atom stereocenters. The highest BCUT2D eigenvalue weighted by Crippen LogP contribution is 2.36. The van der Waals surface area contributed by atoms with Crippen molar-refractivity contribution < 1.29 is 32.2 Å². The van der Waals surface area contributed by atoms with Gasteiger partial charge >= 0.3 is 18.1 Å². The Morgan fingerprint density at radius 3 is 1.65 bits per heavy atom. The third-order valence-electron chi connectivity index (χ3n) is 4.35. The highest BCUT2D eigenvalue weighted by atomic mass is 19.4. The van der Waals surface area contributed by atoms with Crippen molar-refractivity contribution in [2.45, 2.75) is 25.9 Å². The van der Waals surface area contributed by atoms with Crippen LogP contribution in [0.15, 0.2) is 66.9 Å². The van der Waals surface area contributed by atoms with Gasteiger partial charge in [-0.3, -0.25) is 14.6 Å². The van der Waals surface area contributed by atoms with E-state index in [0.717, 1.165) is 18.3 Å². The van der Waals surface area contributed by atoms with Crippen LogP contribution in [-0.2, 0) is 15.8 Å². The Morgan fingerprint density at radius 1 is 0.806 bits per heavy atom. The van der Waals surface area contributed by atoms with Gasteiger partial charge in [0.15, 0.2) is 0 Å². The Kier molecular flexibility index (Phi) is 6.39. The van der Waals surface area contributed by atoms with Crippen LogP contribution in [0.25, 0.3) is 0 Å². The summed E-state index contributed by atoms with van der Waals surface area (Å²) in [6.07, 6.45) is -3.40. The maximum Gasteiger partial charge on any atom is 0.416 e. The van der Waals surface area contributed by atoms with Crippen molar-refractivity contribution in [2.24, 2.45) is 0 Å². The number of rotatable bonds is 5. The molecule has 0 spiro atoms. The third-order valence-corrected chi connectivity index (χ3v) is 4.35. The third kappa shape index (κ3) is 5.69. The van der Waals surface area contributed by atoms with E-state index in [9.17, 15) is 22.8 Å². The zero-order valence-electron chi connectivity index (χ0n) is 16.6.